The van der Waals surface area contributed by atoms with Gasteiger partial charge in [-0.15, -0.1) is 0 Å². The van der Waals surface area contributed by atoms with Crippen molar-refractivity contribution in [1.29, 1.82) is 0 Å². The van der Waals surface area contributed by atoms with E-state index in [9.17, 15) is 32.7 Å². The first-order valence-electron chi connectivity index (χ1n) is 13.9. The van der Waals surface area contributed by atoms with Crippen molar-refractivity contribution in [1.82, 2.24) is 9.80 Å². The Morgan fingerprint density at radius 2 is 1.66 bits per heavy atom. The van der Waals surface area contributed by atoms with Crippen LogP contribution in [0.2, 0.25) is 0 Å². The number of rotatable bonds is 7. The van der Waals surface area contributed by atoms with E-state index in [0.29, 0.717) is 5.69 Å². The fourth-order valence-corrected chi connectivity index (χ4v) is 4.68. The number of hydrogen-bond donors (Lipinski definition) is 4. The number of nitrogens with zero attached hydrogens (tertiary/aromatic N) is 2. The van der Waals surface area contributed by atoms with Gasteiger partial charge in [-0.3, -0.25) is 4.79 Å². The Bertz CT molecular complexity index is 1470. The average molecular weight is 614 g/mol. The lowest BCUT2D eigenvalue weighted by Crippen LogP contribution is -2.50. The smallest absolute Gasteiger partial charge is 0.416 e. The molecule has 3 atom stereocenters. The molecule has 0 radical (unpaired) electrons. The van der Waals surface area contributed by atoms with Crippen LogP contribution in [-0.2, 0) is 6.18 Å². The SMILES string of the molecule is C[C@@H]1CN([C@@H](C)CO)C(=O)c2cccc(NC(=O)Nc3ccccc3)c2O[C@@H]1CN(C)C(=O)Nc1ccc(C(F)(F)F)cc1. The number of anilines is 3. The molecule has 0 saturated carbocycles. The number of ether oxygens (including phenoxy) is 1. The Morgan fingerprint density at radius 1 is 1.00 bits per heavy atom. The summed E-state index contributed by atoms with van der Waals surface area (Å²) in [4.78, 5) is 42.4. The van der Waals surface area contributed by atoms with Crippen LogP contribution in [0.1, 0.15) is 29.8 Å². The number of halogens is 3. The number of carbonyl (C=O) groups excluding carboxylic acids is 3. The van der Waals surface area contributed by atoms with Gasteiger partial charge in [-0.05, 0) is 55.5 Å². The first-order valence-corrected chi connectivity index (χ1v) is 13.9. The van der Waals surface area contributed by atoms with Crippen LogP contribution in [0, 0.1) is 5.92 Å². The zero-order chi connectivity index (χ0) is 32.0. The zero-order valence-corrected chi connectivity index (χ0v) is 24.4. The summed E-state index contributed by atoms with van der Waals surface area (Å²) in [5.41, 5.74) is 0.276. The molecule has 1 aliphatic heterocycles. The van der Waals surface area contributed by atoms with Crippen LogP contribution < -0.4 is 20.7 Å². The molecule has 0 bridgehead atoms. The minimum absolute atomic E-state index is 0.0210. The molecule has 0 unspecified atom stereocenters. The van der Waals surface area contributed by atoms with Crippen LogP contribution in [0.5, 0.6) is 5.75 Å². The van der Waals surface area contributed by atoms with Gasteiger partial charge in [-0.1, -0.05) is 31.2 Å². The second-order valence-corrected chi connectivity index (χ2v) is 10.6. The third-order valence-electron chi connectivity index (χ3n) is 7.24. The summed E-state index contributed by atoms with van der Waals surface area (Å²) in [5.74, 6) is -0.648. The summed E-state index contributed by atoms with van der Waals surface area (Å²) in [6.45, 7) is 3.48. The Morgan fingerprint density at radius 3 is 2.30 bits per heavy atom. The third-order valence-corrected chi connectivity index (χ3v) is 7.24. The quantitative estimate of drug-likeness (QED) is 0.271. The number of alkyl halides is 3. The van der Waals surface area contributed by atoms with Gasteiger partial charge < -0.3 is 35.6 Å². The van der Waals surface area contributed by atoms with E-state index < -0.39 is 41.9 Å². The summed E-state index contributed by atoms with van der Waals surface area (Å²) in [5, 5.41) is 17.9. The van der Waals surface area contributed by atoms with E-state index in [1.807, 2.05) is 13.0 Å². The number of urea groups is 2. The molecule has 0 aliphatic carbocycles. The minimum Gasteiger partial charge on any atom is -0.485 e. The first-order chi connectivity index (χ1) is 20.9. The lowest BCUT2D eigenvalue weighted by Gasteiger charge is -2.38. The summed E-state index contributed by atoms with van der Waals surface area (Å²) in [7, 11) is 1.51. The average Bonchev–Trinajstić information content (AvgIpc) is 2.99. The number of hydrogen-bond acceptors (Lipinski definition) is 5. The van der Waals surface area contributed by atoms with E-state index in [1.54, 1.807) is 49.4 Å². The van der Waals surface area contributed by atoms with Crippen LogP contribution in [0.4, 0.5) is 39.8 Å². The Balaban J connectivity index is 1.58. The number of benzene rings is 3. The summed E-state index contributed by atoms with van der Waals surface area (Å²) in [6.07, 6.45) is -5.20. The Labute approximate surface area is 252 Å². The molecule has 10 nitrogen and oxygen atoms in total. The second kappa shape index (κ2) is 13.7. The Kier molecular flexibility index (Phi) is 9.99. The van der Waals surface area contributed by atoms with E-state index in [2.05, 4.69) is 16.0 Å². The maximum atomic E-state index is 13.7. The highest BCUT2D eigenvalue weighted by atomic mass is 19.4. The number of fused-ring (bicyclic) bond motifs is 1. The highest BCUT2D eigenvalue weighted by Crippen LogP contribution is 2.35. The molecular formula is C31H34F3N5O5. The number of aliphatic hydroxyl groups is 1. The highest BCUT2D eigenvalue weighted by Gasteiger charge is 2.35. The van der Waals surface area contributed by atoms with Crippen LogP contribution in [0.15, 0.2) is 72.8 Å². The van der Waals surface area contributed by atoms with Crippen LogP contribution in [0.3, 0.4) is 0 Å². The van der Waals surface area contributed by atoms with E-state index >= 15 is 0 Å². The lowest BCUT2D eigenvalue weighted by molar-refractivity contribution is -0.137. The van der Waals surface area contributed by atoms with Crippen molar-refractivity contribution in [3.8, 4) is 5.75 Å². The normalized spacial score (nSPS) is 17.3. The lowest BCUT2D eigenvalue weighted by atomic mass is 9.99. The van der Waals surface area contributed by atoms with Crippen molar-refractivity contribution in [2.75, 3.05) is 42.7 Å². The maximum absolute atomic E-state index is 13.7. The van der Waals surface area contributed by atoms with Crippen molar-refractivity contribution in [2.24, 2.45) is 5.92 Å². The molecule has 3 aromatic rings. The maximum Gasteiger partial charge on any atom is 0.416 e. The predicted molar refractivity (Wildman–Crippen MR) is 160 cm³/mol. The van der Waals surface area contributed by atoms with Gasteiger partial charge in [0.1, 0.15) is 6.10 Å². The van der Waals surface area contributed by atoms with Gasteiger partial charge in [0.25, 0.3) is 5.91 Å². The van der Waals surface area contributed by atoms with Crippen molar-refractivity contribution in [3.05, 3.63) is 83.9 Å². The summed E-state index contributed by atoms with van der Waals surface area (Å²) >= 11 is 0. The summed E-state index contributed by atoms with van der Waals surface area (Å²) in [6, 6.07) is 15.9. The molecule has 1 heterocycles. The van der Waals surface area contributed by atoms with E-state index in [4.69, 9.17) is 4.74 Å². The highest BCUT2D eigenvalue weighted by molar-refractivity contribution is 6.04. The zero-order valence-electron chi connectivity index (χ0n) is 24.4. The van der Waals surface area contributed by atoms with Gasteiger partial charge in [-0.2, -0.15) is 13.2 Å². The number of likely N-dealkylation sites (N-methyl/N-ethyl adjacent to an activating group) is 1. The number of carbonyl (C=O) groups is 3. The van der Waals surface area contributed by atoms with Crippen molar-refractivity contribution in [2.45, 2.75) is 32.2 Å². The van der Waals surface area contributed by atoms with Gasteiger partial charge in [0.15, 0.2) is 5.75 Å². The van der Waals surface area contributed by atoms with E-state index in [1.165, 1.54) is 16.8 Å². The van der Waals surface area contributed by atoms with Crippen LogP contribution >= 0.6 is 0 Å². The molecule has 13 heteroatoms. The molecule has 0 aromatic heterocycles. The van der Waals surface area contributed by atoms with Gasteiger partial charge in [-0.25, -0.2) is 9.59 Å². The monoisotopic (exact) mass is 613 g/mol. The summed E-state index contributed by atoms with van der Waals surface area (Å²) < 4.78 is 45.2. The van der Waals surface area contributed by atoms with Crippen molar-refractivity contribution >= 4 is 35.0 Å². The molecule has 4 N–H and O–H groups in total. The fourth-order valence-electron chi connectivity index (χ4n) is 4.68. The Hall–Kier alpha value is -4.78. The number of para-hydroxylation sites is 2. The van der Waals surface area contributed by atoms with Gasteiger partial charge in [0.05, 0.1) is 36.0 Å². The number of amides is 5. The van der Waals surface area contributed by atoms with Gasteiger partial charge >= 0.3 is 18.2 Å². The van der Waals surface area contributed by atoms with Gasteiger partial charge in [0.2, 0.25) is 0 Å². The van der Waals surface area contributed by atoms with Crippen molar-refractivity contribution < 1.29 is 37.4 Å². The third kappa shape index (κ3) is 7.78. The predicted octanol–water partition coefficient (Wildman–Crippen LogP) is 5.73. The topological polar surface area (TPSA) is 123 Å². The molecule has 5 amide bonds. The number of nitrogens with one attached hydrogen (secondary N) is 3. The fraction of sp³-hybridized carbons (Fsp3) is 0.323. The minimum atomic E-state index is -4.50. The van der Waals surface area contributed by atoms with Gasteiger partial charge in [0, 0.05) is 30.9 Å². The molecule has 44 heavy (non-hydrogen) atoms. The van der Waals surface area contributed by atoms with Crippen LogP contribution in [-0.4, -0.2) is 71.8 Å². The molecule has 234 valence electrons. The number of aliphatic hydroxyl groups excluding tert-OH is 1. The molecule has 4 rings (SSSR count). The van der Waals surface area contributed by atoms with E-state index in [-0.39, 0.29) is 48.3 Å². The van der Waals surface area contributed by atoms with E-state index in [0.717, 1.165) is 24.3 Å². The molecule has 0 fully saturated rings. The first kappa shape index (κ1) is 32.1. The largest absolute Gasteiger partial charge is 0.485 e. The second-order valence-electron chi connectivity index (χ2n) is 10.6. The standard InChI is InChI=1S/C31H34F3N5O5/c1-19-16-39(20(2)18-40)28(41)24-10-7-11-25(37-29(42)35-22-8-5-4-6-9-22)27(24)44-26(19)17-38(3)30(43)36-23-14-12-21(13-15-23)31(32,33)34/h4-15,19-20,26,40H,16-18H2,1-3H3,(H,36,43)(H2,35,37,42)/t19-,20+,26-/m1/s1. The van der Waals surface area contributed by atoms with Crippen LogP contribution in [0.25, 0.3) is 0 Å². The van der Waals surface area contributed by atoms with Crippen molar-refractivity contribution in [3.63, 3.8) is 0 Å². The molecule has 0 saturated heterocycles. The molecule has 1 aliphatic rings. The molecule has 0 spiro atoms. The molecule has 3 aromatic carbocycles. The molecular weight excluding hydrogens is 579 g/mol.